The Labute approximate surface area is 122 Å². The van der Waals surface area contributed by atoms with Crippen molar-refractivity contribution in [2.75, 3.05) is 12.3 Å². The highest BCUT2D eigenvalue weighted by Gasteiger charge is 2.11. The zero-order valence-corrected chi connectivity index (χ0v) is 11.9. The van der Waals surface area contributed by atoms with E-state index >= 15 is 0 Å². The molecule has 0 saturated heterocycles. The molecule has 102 valence electrons. The number of hydrogen-bond acceptors (Lipinski definition) is 3. The standard InChI is InChI=1S/C16H17N3S/c17-10-13(12-6-2-1-3-7-12)11-20-16-18-14-8-4-5-9-15(14)19-16/h1-9,13H,10-11,17H2,(H,18,19). The van der Waals surface area contributed by atoms with E-state index in [9.17, 15) is 0 Å². The van der Waals surface area contributed by atoms with Crippen molar-refractivity contribution >= 4 is 22.8 Å². The van der Waals surface area contributed by atoms with Gasteiger partial charge < -0.3 is 10.7 Å². The fourth-order valence-corrected chi connectivity index (χ4v) is 3.24. The minimum Gasteiger partial charge on any atom is -0.333 e. The highest BCUT2D eigenvalue weighted by Crippen LogP contribution is 2.25. The summed E-state index contributed by atoms with van der Waals surface area (Å²) in [4.78, 5) is 7.92. The second kappa shape index (κ2) is 6.11. The van der Waals surface area contributed by atoms with Crippen LogP contribution in [0.3, 0.4) is 0 Å². The first-order valence-electron chi connectivity index (χ1n) is 6.69. The summed E-state index contributed by atoms with van der Waals surface area (Å²) in [6, 6.07) is 18.5. The van der Waals surface area contributed by atoms with E-state index < -0.39 is 0 Å². The molecule has 0 aliphatic heterocycles. The summed E-state index contributed by atoms with van der Waals surface area (Å²) in [5.74, 6) is 1.29. The number of imidazole rings is 1. The lowest BCUT2D eigenvalue weighted by molar-refractivity contribution is 0.783. The summed E-state index contributed by atoms with van der Waals surface area (Å²) in [5.41, 5.74) is 9.29. The number of thioether (sulfide) groups is 1. The number of rotatable bonds is 5. The van der Waals surface area contributed by atoms with Gasteiger partial charge in [-0.1, -0.05) is 54.2 Å². The average molecular weight is 283 g/mol. The maximum absolute atomic E-state index is 5.90. The molecule has 1 heterocycles. The highest BCUT2D eigenvalue weighted by molar-refractivity contribution is 7.99. The highest BCUT2D eigenvalue weighted by atomic mass is 32.2. The Morgan fingerprint density at radius 3 is 2.55 bits per heavy atom. The van der Waals surface area contributed by atoms with E-state index in [0.717, 1.165) is 21.9 Å². The van der Waals surface area contributed by atoms with Crippen molar-refractivity contribution < 1.29 is 0 Å². The smallest absolute Gasteiger partial charge is 0.166 e. The predicted molar refractivity (Wildman–Crippen MR) is 85.1 cm³/mol. The number of hydrogen-bond donors (Lipinski definition) is 2. The van der Waals surface area contributed by atoms with Crippen LogP contribution in [0.1, 0.15) is 11.5 Å². The SMILES string of the molecule is NCC(CSc1nc2ccccc2[nH]1)c1ccccc1. The lowest BCUT2D eigenvalue weighted by Crippen LogP contribution is -2.14. The van der Waals surface area contributed by atoms with Crippen molar-refractivity contribution in [3.8, 4) is 0 Å². The molecule has 3 aromatic rings. The first-order valence-corrected chi connectivity index (χ1v) is 7.68. The van der Waals surface area contributed by atoms with E-state index in [1.807, 2.05) is 30.3 Å². The Bertz CT molecular complexity index is 645. The lowest BCUT2D eigenvalue weighted by Gasteiger charge is -2.13. The van der Waals surface area contributed by atoms with Crippen molar-refractivity contribution in [1.29, 1.82) is 0 Å². The van der Waals surface area contributed by atoms with E-state index in [2.05, 4.69) is 34.2 Å². The summed E-state index contributed by atoms with van der Waals surface area (Å²) >= 11 is 1.73. The van der Waals surface area contributed by atoms with Gasteiger partial charge in [0.1, 0.15) is 0 Å². The topological polar surface area (TPSA) is 54.7 Å². The first-order chi connectivity index (χ1) is 9.86. The van der Waals surface area contributed by atoms with Crippen LogP contribution in [0, 0.1) is 0 Å². The van der Waals surface area contributed by atoms with Gasteiger partial charge in [-0.2, -0.15) is 0 Å². The lowest BCUT2D eigenvalue weighted by atomic mass is 10.0. The second-order valence-corrected chi connectivity index (χ2v) is 5.72. The third-order valence-electron chi connectivity index (χ3n) is 3.34. The van der Waals surface area contributed by atoms with E-state index in [0.29, 0.717) is 12.5 Å². The number of nitrogens with zero attached hydrogens (tertiary/aromatic N) is 1. The van der Waals surface area contributed by atoms with Gasteiger partial charge in [0.15, 0.2) is 5.16 Å². The number of H-pyrrole nitrogens is 1. The molecule has 0 aliphatic carbocycles. The molecule has 0 spiro atoms. The largest absolute Gasteiger partial charge is 0.333 e. The number of benzene rings is 2. The summed E-state index contributed by atoms with van der Waals surface area (Å²) in [7, 11) is 0. The number of nitrogens with one attached hydrogen (secondary N) is 1. The average Bonchev–Trinajstić information content (AvgIpc) is 2.92. The molecule has 3 nitrogen and oxygen atoms in total. The summed E-state index contributed by atoms with van der Waals surface area (Å²) in [5, 5.41) is 0.959. The molecule has 1 atom stereocenters. The zero-order valence-electron chi connectivity index (χ0n) is 11.1. The molecule has 4 heteroatoms. The Morgan fingerprint density at radius 1 is 1.05 bits per heavy atom. The molecule has 0 amide bonds. The molecule has 0 radical (unpaired) electrons. The van der Waals surface area contributed by atoms with Crippen LogP contribution >= 0.6 is 11.8 Å². The van der Waals surface area contributed by atoms with Gasteiger partial charge in [-0.05, 0) is 24.2 Å². The van der Waals surface area contributed by atoms with Crippen LogP contribution in [0.5, 0.6) is 0 Å². The van der Waals surface area contributed by atoms with Crippen molar-refractivity contribution in [3.63, 3.8) is 0 Å². The van der Waals surface area contributed by atoms with E-state index in [1.54, 1.807) is 11.8 Å². The molecular weight excluding hydrogens is 266 g/mol. The van der Waals surface area contributed by atoms with Gasteiger partial charge >= 0.3 is 0 Å². The number of para-hydroxylation sites is 2. The second-order valence-electron chi connectivity index (χ2n) is 4.71. The van der Waals surface area contributed by atoms with Gasteiger partial charge in [0, 0.05) is 11.7 Å². The Hall–Kier alpha value is -1.78. The van der Waals surface area contributed by atoms with Crippen LogP contribution in [0.4, 0.5) is 0 Å². The van der Waals surface area contributed by atoms with E-state index in [1.165, 1.54) is 5.56 Å². The molecule has 0 fully saturated rings. The molecular formula is C16H17N3S. The molecule has 1 unspecified atom stereocenters. The molecule has 0 aliphatic rings. The fraction of sp³-hybridized carbons (Fsp3) is 0.188. The summed E-state index contributed by atoms with van der Waals surface area (Å²) in [6.45, 7) is 0.650. The normalized spacial score (nSPS) is 12.7. The van der Waals surface area contributed by atoms with Crippen LogP contribution in [-0.4, -0.2) is 22.3 Å². The molecule has 2 aromatic carbocycles. The maximum Gasteiger partial charge on any atom is 0.166 e. The minimum absolute atomic E-state index is 0.356. The van der Waals surface area contributed by atoms with Gasteiger partial charge in [0.05, 0.1) is 11.0 Å². The number of aromatic nitrogens is 2. The predicted octanol–water partition coefficient (Wildman–Crippen LogP) is 3.40. The quantitative estimate of drug-likeness (QED) is 0.706. The van der Waals surface area contributed by atoms with E-state index in [4.69, 9.17) is 5.73 Å². The van der Waals surface area contributed by atoms with Crippen LogP contribution in [0.2, 0.25) is 0 Å². The van der Waals surface area contributed by atoms with Gasteiger partial charge in [-0.3, -0.25) is 0 Å². The molecule has 0 bridgehead atoms. The minimum atomic E-state index is 0.356. The van der Waals surface area contributed by atoms with Gasteiger partial charge in [-0.25, -0.2) is 4.98 Å². The van der Waals surface area contributed by atoms with Gasteiger partial charge in [-0.15, -0.1) is 0 Å². The molecule has 20 heavy (non-hydrogen) atoms. The molecule has 0 saturated carbocycles. The Morgan fingerprint density at radius 2 is 1.80 bits per heavy atom. The van der Waals surface area contributed by atoms with Crippen LogP contribution in [0.25, 0.3) is 11.0 Å². The van der Waals surface area contributed by atoms with Crippen LogP contribution in [0.15, 0.2) is 59.8 Å². The van der Waals surface area contributed by atoms with Gasteiger partial charge in [0.2, 0.25) is 0 Å². The number of nitrogens with two attached hydrogens (primary N) is 1. The molecule has 1 aromatic heterocycles. The first kappa shape index (κ1) is 13.2. The summed E-state index contributed by atoms with van der Waals surface area (Å²) in [6.07, 6.45) is 0. The molecule has 3 N–H and O–H groups in total. The van der Waals surface area contributed by atoms with Crippen molar-refractivity contribution in [2.45, 2.75) is 11.1 Å². The zero-order chi connectivity index (χ0) is 13.8. The number of aromatic amines is 1. The van der Waals surface area contributed by atoms with Crippen molar-refractivity contribution in [2.24, 2.45) is 5.73 Å². The fourth-order valence-electron chi connectivity index (χ4n) is 2.20. The van der Waals surface area contributed by atoms with Crippen molar-refractivity contribution in [3.05, 3.63) is 60.2 Å². The van der Waals surface area contributed by atoms with Gasteiger partial charge in [0.25, 0.3) is 0 Å². The van der Waals surface area contributed by atoms with Crippen LogP contribution < -0.4 is 5.73 Å². The Kier molecular flexibility index (Phi) is 4.04. The number of fused-ring (bicyclic) bond motifs is 1. The van der Waals surface area contributed by atoms with E-state index in [-0.39, 0.29) is 0 Å². The maximum atomic E-state index is 5.90. The monoisotopic (exact) mass is 283 g/mol. The van der Waals surface area contributed by atoms with Crippen LogP contribution in [-0.2, 0) is 0 Å². The Balaban J connectivity index is 1.71. The summed E-state index contributed by atoms with van der Waals surface area (Å²) < 4.78 is 0. The third-order valence-corrected chi connectivity index (χ3v) is 4.38. The third kappa shape index (κ3) is 2.86. The molecule has 3 rings (SSSR count). The van der Waals surface area contributed by atoms with Crippen molar-refractivity contribution in [1.82, 2.24) is 9.97 Å².